The van der Waals surface area contributed by atoms with Crippen LogP contribution in [-0.4, -0.2) is 43.6 Å². The van der Waals surface area contributed by atoms with Gasteiger partial charge < -0.3 is 9.84 Å². The number of hydrogen-bond acceptors (Lipinski definition) is 5. The lowest BCUT2D eigenvalue weighted by molar-refractivity contribution is -0.141. The molecule has 0 aliphatic rings. The van der Waals surface area contributed by atoms with Gasteiger partial charge in [-0.1, -0.05) is 0 Å². The maximum atomic E-state index is 11.0. The van der Waals surface area contributed by atoms with Crippen molar-refractivity contribution in [2.45, 2.75) is 13.3 Å². The molecule has 0 amide bonds. The molecule has 0 saturated carbocycles. The molecule has 0 saturated heterocycles. The highest BCUT2D eigenvalue weighted by atomic mass is 32.2. The standard InChI is InChI=1S/C7H12O6S/c1-6(8)13-3-2-4-14(11,12)5-7(9)10/h2-5H2,1H3,(H,9,10). The second-order valence-electron chi connectivity index (χ2n) is 2.68. The van der Waals surface area contributed by atoms with Crippen LogP contribution in [0.5, 0.6) is 0 Å². The van der Waals surface area contributed by atoms with E-state index < -0.39 is 27.5 Å². The molecule has 0 aromatic rings. The van der Waals surface area contributed by atoms with E-state index in [9.17, 15) is 18.0 Å². The Bertz CT molecular complexity index is 304. The van der Waals surface area contributed by atoms with E-state index in [1.165, 1.54) is 6.92 Å². The molecule has 0 aromatic heterocycles. The summed E-state index contributed by atoms with van der Waals surface area (Å²) in [7, 11) is -3.57. The average molecular weight is 224 g/mol. The van der Waals surface area contributed by atoms with Crippen molar-refractivity contribution in [2.24, 2.45) is 0 Å². The van der Waals surface area contributed by atoms with E-state index in [0.29, 0.717) is 0 Å². The van der Waals surface area contributed by atoms with Crippen LogP contribution < -0.4 is 0 Å². The fourth-order valence-electron chi connectivity index (χ4n) is 0.755. The molecule has 1 N–H and O–H groups in total. The second-order valence-corrected chi connectivity index (χ2v) is 4.86. The summed E-state index contributed by atoms with van der Waals surface area (Å²) in [5.41, 5.74) is 0. The SMILES string of the molecule is CC(=O)OCCCS(=O)(=O)CC(=O)O. The van der Waals surface area contributed by atoms with Crippen LogP contribution in [-0.2, 0) is 24.2 Å². The van der Waals surface area contributed by atoms with Crippen LogP contribution in [0.15, 0.2) is 0 Å². The lowest BCUT2D eigenvalue weighted by atomic mass is 10.5. The maximum Gasteiger partial charge on any atom is 0.318 e. The van der Waals surface area contributed by atoms with Crippen molar-refractivity contribution in [1.82, 2.24) is 0 Å². The van der Waals surface area contributed by atoms with Crippen LogP contribution in [0.1, 0.15) is 13.3 Å². The number of rotatable bonds is 6. The minimum absolute atomic E-state index is 0.00577. The molecule has 0 atom stereocenters. The monoisotopic (exact) mass is 224 g/mol. The van der Waals surface area contributed by atoms with Gasteiger partial charge in [0.1, 0.15) is 5.75 Å². The molecule has 0 unspecified atom stereocenters. The third-order valence-corrected chi connectivity index (χ3v) is 2.85. The largest absolute Gasteiger partial charge is 0.480 e. The number of esters is 1. The Morgan fingerprint density at radius 3 is 2.36 bits per heavy atom. The fourth-order valence-corrected chi connectivity index (χ4v) is 1.83. The van der Waals surface area contributed by atoms with Gasteiger partial charge >= 0.3 is 11.9 Å². The van der Waals surface area contributed by atoms with Gasteiger partial charge in [0.25, 0.3) is 0 Å². The lowest BCUT2D eigenvalue weighted by Gasteiger charge is -2.01. The number of sulfone groups is 1. The van der Waals surface area contributed by atoms with E-state index in [2.05, 4.69) is 4.74 Å². The molecular weight excluding hydrogens is 212 g/mol. The predicted molar refractivity (Wildman–Crippen MR) is 47.5 cm³/mol. The molecule has 0 aliphatic heterocycles. The number of carbonyl (C=O) groups excluding carboxylic acids is 1. The Hall–Kier alpha value is -1.11. The van der Waals surface area contributed by atoms with Crippen molar-refractivity contribution in [3.05, 3.63) is 0 Å². The van der Waals surface area contributed by atoms with Crippen molar-refractivity contribution in [1.29, 1.82) is 0 Å². The topological polar surface area (TPSA) is 97.7 Å². The number of carbonyl (C=O) groups is 2. The van der Waals surface area contributed by atoms with Gasteiger partial charge in [-0.25, -0.2) is 8.42 Å². The molecule has 6 nitrogen and oxygen atoms in total. The molecule has 0 aliphatic carbocycles. The van der Waals surface area contributed by atoms with Gasteiger partial charge in [-0.3, -0.25) is 9.59 Å². The van der Waals surface area contributed by atoms with E-state index in [-0.39, 0.29) is 18.8 Å². The Morgan fingerprint density at radius 2 is 1.93 bits per heavy atom. The van der Waals surface area contributed by atoms with Gasteiger partial charge in [0.15, 0.2) is 9.84 Å². The maximum absolute atomic E-state index is 11.0. The summed E-state index contributed by atoms with van der Waals surface area (Å²) in [5.74, 6) is -3.03. The van der Waals surface area contributed by atoms with Gasteiger partial charge in [0, 0.05) is 6.92 Å². The van der Waals surface area contributed by atoms with Crippen molar-refractivity contribution in [3.8, 4) is 0 Å². The van der Waals surface area contributed by atoms with Crippen molar-refractivity contribution in [2.75, 3.05) is 18.1 Å². The van der Waals surface area contributed by atoms with Gasteiger partial charge in [-0.15, -0.1) is 0 Å². The second kappa shape index (κ2) is 5.58. The van der Waals surface area contributed by atoms with Crippen molar-refractivity contribution >= 4 is 21.8 Å². The van der Waals surface area contributed by atoms with Crippen LogP contribution in [0.2, 0.25) is 0 Å². The van der Waals surface area contributed by atoms with Gasteiger partial charge in [-0.2, -0.15) is 0 Å². The average Bonchev–Trinajstić information content (AvgIpc) is 1.95. The van der Waals surface area contributed by atoms with E-state index in [0.717, 1.165) is 0 Å². The molecule has 0 rings (SSSR count). The van der Waals surface area contributed by atoms with Gasteiger partial charge in [0.2, 0.25) is 0 Å². The molecule has 0 aromatic carbocycles. The molecule has 0 radical (unpaired) electrons. The summed E-state index contributed by atoms with van der Waals surface area (Å²) >= 11 is 0. The summed E-state index contributed by atoms with van der Waals surface area (Å²) in [4.78, 5) is 20.4. The summed E-state index contributed by atoms with van der Waals surface area (Å²) in [5, 5.41) is 8.23. The van der Waals surface area contributed by atoms with Crippen LogP contribution in [0.25, 0.3) is 0 Å². The number of carboxylic acid groups (broad SMARTS) is 1. The van der Waals surface area contributed by atoms with Crippen LogP contribution in [0.4, 0.5) is 0 Å². The first-order chi connectivity index (χ1) is 6.33. The zero-order valence-corrected chi connectivity index (χ0v) is 8.54. The third-order valence-electron chi connectivity index (χ3n) is 1.25. The minimum Gasteiger partial charge on any atom is -0.480 e. The van der Waals surface area contributed by atoms with E-state index in [1.807, 2.05) is 0 Å². The Morgan fingerprint density at radius 1 is 1.36 bits per heavy atom. The summed E-state index contributed by atoms with van der Waals surface area (Å²) in [6, 6.07) is 0. The molecule has 0 bridgehead atoms. The lowest BCUT2D eigenvalue weighted by Crippen LogP contribution is -2.19. The first-order valence-electron chi connectivity index (χ1n) is 3.89. The molecule has 14 heavy (non-hydrogen) atoms. The first kappa shape index (κ1) is 12.9. The number of hydrogen-bond donors (Lipinski definition) is 1. The molecule has 0 fully saturated rings. The highest BCUT2D eigenvalue weighted by molar-refractivity contribution is 7.92. The first-order valence-corrected chi connectivity index (χ1v) is 5.71. The molecule has 0 heterocycles. The third kappa shape index (κ3) is 7.53. The Labute approximate surface area is 81.8 Å². The highest BCUT2D eigenvalue weighted by Crippen LogP contribution is 1.95. The van der Waals surface area contributed by atoms with Crippen LogP contribution in [0.3, 0.4) is 0 Å². The van der Waals surface area contributed by atoms with Crippen LogP contribution >= 0.6 is 0 Å². The Kier molecular flexibility index (Phi) is 5.14. The normalized spacial score (nSPS) is 10.9. The summed E-state index contributed by atoms with van der Waals surface area (Å²) in [6.45, 7) is 1.21. The molecule has 0 spiro atoms. The summed E-state index contributed by atoms with van der Waals surface area (Å²) < 4.78 is 26.4. The van der Waals surface area contributed by atoms with E-state index in [1.54, 1.807) is 0 Å². The van der Waals surface area contributed by atoms with E-state index in [4.69, 9.17) is 5.11 Å². The number of ether oxygens (including phenoxy) is 1. The molecular formula is C7H12O6S. The van der Waals surface area contributed by atoms with Crippen LogP contribution in [0, 0.1) is 0 Å². The van der Waals surface area contributed by atoms with Crippen molar-refractivity contribution < 1.29 is 27.9 Å². The minimum atomic E-state index is -3.57. The smallest absolute Gasteiger partial charge is 0.318 e. The zero-order valence-electron chi connectivity index (χ0n) is 7.73. The summed E-state index contributed by atoms with van der Waals surface area (Å²) in [6.07, 6.45) is 0.120. The fraction of sp³-hybridized carbons (Fsp3) is 0.714. The molecule has 7 heteroatoms. The van der Waals surface area contributed by atoms with Crippen molar-refractivity contribution in [3.63, 3.8) is 0 Å². The quantitative estimate of drug-likeness (QED) is 0.479. The van der Waals surface area contributed by atoms with Gasteiger partial charge in [0.05, 0.1) is 12.4 Å². The zero-order chi connectivity index (χ0) is 11.2. The highest BCUT2D eigenvalue weighted by Gasteiger charge is 2.15. The predicted octanol–water partition coefficient (Wildman–Crippen LogP) is -0.561. The van der Waals surface area contributed by atoms with E-state index >= 15 is 0 Å². The Balaban J connectivity index is 3.78. The molecule has 82 valence electrons. The number of aliphatic carboxylic acids is 1. The number of carboxylic acids is 1. The van der Waals surface area contributed by atoms with Gasteiger partial charge in [-0.05, 0) is 6.42 Å².